The molecule has 0 radical (unpaired) electrons. The highest BCUT2D eigenvalue weighted by molar-refractivity contribution is 6.30. The van der Waals surface area contributed by atoms with Crippen molar-refractivity contribution in [3.05, 3.63) is 29.5 Å². The molecule has 6 nitrogen and oxygen atoms in total. The van der Waals surface area contributed by atoms with Crippen molar-refractivity contribution in [1.29, 1.82) is 0 Å². The van der Waals surface area contributed by atoms with Gasteiger partial charge in [-0.2, -0.15) is 0 Å². The van der Waals surface area contributed by atoms with Crippen molar-refractivity contribution in [2.45, 2.75) is 6.92 Å². The van der Waals surface area contributed by atoms with Crippen molar-refractivity contribution in [2.24, 2.45) is 7.05 Å². The first kappa shape index (κ1) is 14.3. The first-order valence-electron chi connectivity index (χ1n) is 6.03. The average molecular weight is 296 g/mol. The quantitative estimate of drug-likeness (QED) is 0.790. The van der Waals surface area contributed by atoms with E-state index in [1.54, 1.807) is 43.2 Å². The van der Waals surface area contributed by atoms with Gasteiger partial charge in [-0.05, 0) is 13.0 Å². The molecule has 0 aliphatic rings. The van der Waals surface area contributed by atoms with E-state index in [0.29, 0.717) is 17.5 Å². The summed E-state index contributed by atoms with van der Waals surface area (Å²) in [5.74, 6) is -0.0837. The number of aromatic nitrogens is 3. The minimum Gasteiger partial charge on any atom is -0.465 e. The zero-order chi connectivity index (χ0) is 14.5. The van der Waals surface area contributed by atoms with E-state index < -0.39 is 5.97 Å². The van der Waals surface area contributed by atoms with Gasteiger partial charge in [0, 0.05) is 31.1 Å². The molecule has 0 atom stereocenters. The number of esters is 1. The molecule has 2 rings (SSSR count). The van der Waals surface area contributed by atoms with Crippen LogP contribution in [0.1, 0.15) is 6.92 Å². The maximum absolute atomic E-state index is 11.2. The van der Waals surface area contributed by atoms with E-state index in [2.05, 4.69) is 10.1 Å². The van der Waals surface area contributed by atoms with Crippen molar-refractivity contribution in [3.8, 4) is 17.1 Å². The lowest BCUT2D eigenvalue weighted by molar-refractivity contribution is -0.145. The predicted octanol–water partition coefficient (Wildman–Crippen LogP) is 2.08. The molecule has 2 aromatic heterocycles. The first-order chi connectivity index (χ1) is 9.60. The number of carbonyl (C=O) groups is 1. The molecular formula is C13H14ClN3O3. The minimum atomic E-state index is -0.427. The van der Waals surface area contributed by atoms with Gasteiger partial charge in [-0.3, -0.25) is 9.67 Å². The average Bonchev–Trinajstić information content (AvgIpc) is 2.78. The Labute approximate surface area is 121 Å². The normalized spacial score (nSPS) is 10.3. The van der Waals surface area contributed by atoms with Crippen molar-refractivity contribution in [2.75, 3.05) is 13.2 Å². The lowest BCUT2D eigenvalue weighted by Gasteiger charge is -2.01. The Kier molecular flexibility index (Phi) is 4.57. The fourth-order valence-corrected chi connectivity index (χ4v) is 1.84. The summed E-state index contributed by atoms with van der Waals surface area (Å²) in [5.41, 5.74) is 1.61. The van der Waals surface area contributed by atoms with Crippen LogP contribution in [0.5, 0.6) is 5.88 Å². The van der Waals surface area contributed by atoms with Crippen molar-refractivity contribution in [1.82, 2.24) is 14.8 Å². The zero-order valence-corrected chi connectivity index (χ0v) is 11.9. The fourth-order valence-electron chi connectivity index (χ4n) is 1.67. The third-order valence-electron chi connectivity index (χ3n) is 2.50. The number of hydrogen-bond acceptors (Lipinski definition) is 5. The van der Waals surface area contributed by atoms with E-state index in [1.807, 2.05) is 0 Å². The van der Waals surface area contributed by atoms with Crippen molar-refractivity contribution < 1.29 is 14.3 Å². The van der Waals surface area contributed by atoms with Gasteiger partial charge in [0.05, 0.1) is 17.3 Å². The summed E-state index contributed by atoms with van der Waals surface area (Å²) in [5, 5.41) is 4.70. The summed E-state index contributed by atoms with van der Waals surface area (Å²) in [6.07, 6.45) is 3.23. The Morgan fingerprint density at radius 2 is 2.20 bits per heavy atom. The molecule has 0 fully saturated rings. The Balaban J connectivity index is 2.12. The third-order valence-corrected chi connectivity index (χ3v) is 2.71. The Morgan fingerprint density at radius 1 is 1.40 bits per heavy atom. The molecule has 20 heavy (non-hydrogen) atoms. The largest absolute Gasteiger partial charge is 0.465 e. The standard InChI is InChI=1S/C13H14ClN3O3/c1-3-19-13(18)8-20-12-5-11(17(2)16-12)9-4-10(14)7-15-6-9/h4-7H,3,8H2,1-2H3. The van der Waals surface area contributed by atoms with Crippen molar-refractivity contribution in [3.63, 3.8) is 0 Å². The van der Waals surface area contributed by atoms with Crippen LogP contribution in [0.25, 0.3) is 11.3 Å². The molecule has 0 aliphatic heterocycles. The number of pyridine rings is 1. The number of nitrogens with zero attached hydrogens (tertiary/aromatic N) is 3. The predicted molar refractivity (Wildman–Crippen MR) is 73.6 cm³/mol. The van der Waals surface area contributed by atoms with Crippen LogP contribution < -0.4 is 4.74 Å². The summed E-state index contributed by atoms with van der Waals surface area (Å²) >= 11 is 5.91. The highest BCUT2D eigenvalue weighted by atomic mass is 35.5. The van der Waals surface area contributed by atoms with Gasteiger partial charge >= 0.3 is 5.97 Å². The molecule has 7 heteroatoms. The Hall–Kier alpha value is -2.08. The molecule has 0 aliphatic carbocycles. The minimum absolute atomic E-state index is 0.169. The highest BCUT2D eigenvalue weighted by Crippen LogP contribution is 2.24. The third kappa shape index (κ3) is 3.48. The van der Waals surface area contributed by atoms with E-state index in [9.17, 15) is 4.79 Å². The molecule has 0 bridgehead atoms. The van der Waals surface area contributed by atoms with Crippen molar-refractivity contribution >= 4 is 17.6 Å². The van der Waals surface area contributed by atoms with E-state index >= 15 is 0 Å². The van der Waals surface area contributed by atoms with Gasteiger partial charge in [0.15, 0.2) is 6.61 Å². The molecule has 0 unspecified atom stereocenters. The summed E-state index contributed by atoms with van der Waals surface area (Å²) < 4.78 is 11.7. The second-order valence-electron chi connectivity index (χ2n) is 3.98. The summed E-state index contributed by atoms with van der Waals surface area (Å²) in [6, 6.07) is 3.49. The van der Waals surface area contributed by atoms with Crippen LogP contribution in [0.4, 0.5) is 0 Å². The molecule has 0 saturated heterocycles. The topological polar surface area (TPSA) is 66.2 Å². The number of rotatable bonds is 5. The van der Waals surface area contributed by atoms with E-state index in [4.69, 9.17) is 21.1 Å². The van der Waals surface area contributed by atoms with Crippen LogP contribution in [-0.4, -0.2) is 33.9 Å². The molecule has 0 saturated carbocycles. The van der Waals surface area contributed by atoms with Crippen LogP contribution in [0.3, 0.4) is 0 Å². The smallest absolute Gasteiger partial charge is 0.344 e. The number of hydrogen-bond donors (Lipinski definition) is 0. The van der Waals surface area contributed by atoms with E-state index in [-0.39, 0.29) is 6.61 Å². The summed E-state index contributed by atoms with van der Waals surface area (Å²) in [7, 11) is 1.77. The zero-order valence-electron chi connectivity index (χ0n) is 11.2. The molecule has 0 N–H and O–H groups in total. The fraction of sp³-hybridized carbons (Fsp3) is 0.308. The number of halogens is 1. The second-order valence-corrected chi connectivity index (χ2v) is 4.41. The molecule has 106 valence electrons. The van der Waals surface area contributed by atoms with Crippen LogP contribution >= 0.6 is 11.6 Å². The van der Waals surface area contributed by atoms with E-state index in [0.717, 1.165) is 11.3 Å². The lowest BCUT2D eigenvalue weighted by Crippen LogP contribution is -2.14. The van der Waals surface area contributed by atoms with Gasteiger partial charge in [-0.15, -0.1) is 5.10 Å². The van der Waals surface area contributed by atoms with Gasteiger partial charge in [0.1, 0.15) is 0 Å². The SMILES string of the molecule is CCOC(=O)COc1cc(-c2cncc(Cl)c2)n(C)n1. The van der Waals surface area contributed by atoms with Gasteiger partial charge in [0.2, 0.25) is 5.88 Å². The lowest BCUT2D eigenvalue weighted by atomic mass is 10.2. The molecule has 0 spiro atoms. The second kappa shape index (κ2) is 6.38. The number of aryl methyl sites for hydroxylation is 1. The summed E-state index contributed by atoms with van der Waals surface area (Å²) in [6.45, 7) is 1.89. The van der Waals surface area contributed by atoms with Gasteiger partial charge in [-0.1, -0.05) is 11.6 Å². The molecule has 2 aromatic rings. The molecule has 2 heterocycles. The maximum atomic E-state index is 11.2. The van der Waals surface area contributed by atoms with Crippen LogP contribution in [0, 0.1) is 0 Å². The number of ether oxygens (including phenoxy) is 2. The maximum Gasteiger partial charge on any atom is 0.344 e. The van der Waals surface area contributed by atoms with Crippen LogP contribution in [0.15, 0.2) is 24.5 Å². The first-order valence-corrected chi connectivity index (χ1v) is 6.41. The molecule has 0 amide bonds. The highest BCUT2D eigenvalue weighted by Gasteiger charge is 2.11. The number of carbonyl (C=O) groups excluding carboxylic acids is 1. The van der Waals surface area contributed by atoms with Gasteiger partial charge in [0.25, 0.3) is 0 Å². The monoisotopic (exact) mass is 295 g/mol. The Morgan fingerprint density at radius 3 is 2.90 bits per heavy atom. The molecular weight excluding hydrogens is 282 g/mol. The van der Waals surface area contributed by atoms with E-state index in [1.165, 1.54) is 0 Å². The van der Waals surface area contributed by atoms with Gasteiger partial charge in [-0.25, -0.2) is 4.79 Å². The van der Waals surface area contributed by atoms with Gasteiger partial charge < -0.3 is 9.47 Å². The molecule has 0 aromatic carbocycles. The summed E-state index contributed by atoms with van der Waals surface area (Å²) in [4.78, 5) is 15.2. The Bertz CT molecular complexity index is 613. The van der Waals surface area contributed by atoms with Crippen LogP contribution in [-0.2, 0) is 16.6 Å². The van der Waals surface area contributed by atoms with Crippen LogP contribution in [0.2, 0.25) is 5.02 Å².